The molecule has 1 saturated heterocycles. The third-order valence-electron chi connectivity index (χ3n) is 4.10. The van der Waals surface area contributed by atoms with Crippen LogP contribution in [0.3, 0.4) is 0 Å². The second-order valence-electron chi connectivity index (χ2n) is 6.04. The first-order chi connectivity index (χ1) is 10.8. The summed E-state index contributed by atoms with van der Waals surface area (Å²) in [6.45, 7) is 6.56. The van der Waals surface area contributed by atoms with Gasteiger partial charge in [0.15, 0.2) is 0 Å². The minimum absolute atomic E-state index is 0.0618. The first kappa shape index (κ1) is 17.3. The Morgan fingerprint density at radius 1 is 0.955 bits per heavy atom. The predicted octanol–water partition coefficient (Wildman–Crippen LogP) is 4.90. The van der Waals surface area contributed by atoms with Crippen LogP contribution in [0.15, 0.2) is 24.3 Å². The Bertz CT molecular complexity index is 394. The van der Waals surface area contributed by atoms with Gasteiger partial charge in [-0.1, -0.05) is 51.7 Å². The molecule has 1 aromatic rings. The first-order valence-electron chi connectivity index (χ1n) is 8.79. The third-order valence-corrected chi connectivity index (χ3v) is 4.10. The van der Waals surface area contributed by atoms with Gasteiger partial charge in [-0.15, -0.1) is 0 Å². The molecule has 0 N–H and O–H groups in total. The van der Waals surface area contributed by atoms with E-state index in [1.807, 2.05) is 12.1 Å². The van der Waals surface area contributed by atoms with Gasteiger partial charge in [0.1, 0.15) is 11.9 Å². The van der Waals surface area contributed by atoms with Crippen molar-refractivity contribution in [3.8, 4) is 5.75 Å². The number of ether oxygens (including phenoxy) is 3. The number of benzene rings is 1. The summed E-state index contributed by atoms with van der Waals surface area (Å²) in [7, 11) is 0. The minimum Gasteiger partial charge on any atom is -0.494 e. The van der Waals surface area contributed by atoms with E-state index in [1.165, 1.54) is 24.8 Å². The average molecular weight is 306 g/mol. The van der Waals surface area contributed by atoms with E-state index in [-0.39, 0.29) is 12.2 Å². The van der Waals surface area contributed by atoms with Crippen molar-refractivity contribution in [2.75, 3.05) is 19.8 Å². The summed E-state index contributed by atoms with van der Waals surface area (Å²) in [5, 5.41) is 0. The topological polar surface area (TPSA) is 27.7 Å². The highest BCUT2D eigenvalue weighted by Crippen LogP contribution is 2.26. The lowest BCUT2D eigenvalue weighted by molar-refractivity contribution is -0.137. The van der Waals surface area contributed by atoms with Gasteiger partial charge in [-0.05, 0) is 30.5 Å². The van der Waals surface area contributed by atoms with Gasteiger partial charge in [-0.3, -0.25) is 0 Å². The Morgan fingerprint density at radius 3 is 2.41 bits per heavy atom. The van der Waals surface area contributed by atoms with Crippen molar-refractivity contribution in [2.45, 2.75) is 64.6 Å². The second-order valence-corrected chi connectivity index (χ2v) is 6.04. The molecule has 0 amide bonds. The smallest absolute Gasteiger partial charge is 0.119 e. The Balaban J connectivity index is 1.72. The zero-order valence-corrected chi connectivity index (χ0v) is 14.1. The fraction of sp³-hybridized carbons (Fsp3) is 0.684. The summed E-state index contributed by atoms with van der Waals surface area (Å²) < 4.78 is 17.6. The summed E-state index contributed by atoms with van der Waals surface area (Å²) >= 11 is 0. The lowest BCUT2D eigenvalue weighted by Gasteiger charge is -2.29. The van der Waals surface area contributed by atoms with Crippen molar-refractivity contribution < 1.29 is 14.2 Å². The summed E-state index contributed by atoms with van der Waals surface area (Å²) in [6.07, 6.45) is 7.49. The van der Waals surface area contributed by atoms with Crippen molar-refractivity contribution in [1.82, 2.24) is 0 Å². The fourth-order valence-corrected chi connectivity index (χ4v) is 2.72. The third kappa shape index (κ3) is 5.62. The Kier molecular flexibility index (Phi) is 7.75. The number of hydrogen-bond acceptors (Lipinski definition) is 3. The normalized spacial score (nSPS) is 21.7. The minimum atomic E-state index is 0.0618. The van der Waals surface area contributed by atoms with Crippen LogP contribution in [0.1, 0.15) is 64.0 Å². The maximum absolute atomic E-state index is 5.93. The quantitative estimate of drug-likeness (QED) is 0.607. The van der Waals surface area contributed by atoms with E-state index in [0.717, 1.165) is 31.6 Å². The van der Waals surface area contributed by atoms with Gasteiger partial charge >= 0.3 is 0 Å². The van der Waals surface area contributed by atoms with E-state index in [9.17, 15) is 0 Å². The SMILES string of the molecule is CCCCCCOc1ccc([C@H]2CO[C@H](CCC)CO2)cc1. The molecule has 0 unspecified atom stereocenters. The zero-order valence-electron chi connectivity index (χ0n) is 14.1. The van der Waals surface area contributed by atoms with E-state index in [2.05, 4.69) is 26.0 Å². The van der Waals surface area contributed by atoms with E-state index in [4.69, 9.17) is 14.2 Å². The highest BCUT2D eigenvalue weighted by Gasteiger charge is 2.22. The molecule has 1 aliphatic heterocycles. The maximum Gasteiger partial charge on any atom is 0.119 e. The van der Waals surface area contributed by atoms with Crippen molar-refractivity contribution in [3.63, 3.8) is 0 Å². The van der Waals surface area contributed by atoms with Gasteiger partial charge in [0, 0.05) is 0 Å². The second kappa shape index (κ2) is 9.86. The van der Waals surface area contributed by atoms with Gasteiger partial charge in [-0.2, -0.15) is 0 Å². The molecule has 1 heterocycles. The lowest BCUT2D eigenvalue weighted by Crippen LogP contribution is -2.30. The monoisotopic (exact) mass is 306 g/mol. The van der Waals surface area contributed by atoms with Crippen LogP contribution in [0.4, 0.5) is 0 Å². The van der Waals surface area contributed by atoms with Crippen LogP contribution >= 0.6 is 0 Å². The highest BCUT2D eigenvalue weighted by molar-refractivity contribution is 5.28. The van der Waals surface area contributed by atoms with Gasteiger partial charge in [0.25, 0.3) is 0 Å². The first-order valence-corrected chi connectivity index (χ1v) is 8.79. The molecule has 0 saturated carbocycles. The molecular formula is C19H30O3. The Labute approximate surface area is 135 Å². The van der Waals surface area contributed by atoms with E-state index in [0.29, 0.717) is 13.2 Å². The zero-order chi connectivity index (χ0) is 15.6. The molecular weight excluding hydrogens is 276 g/mol. The molecule has 0 radical (unpaired) electrons. The molecule has 3 heteroatoms. The molecule has 1 fully saturated rings. The largest absolute Gasteiger partial charge is 0.494 e. The molecule has 22 heavy (non-hydrogen) atoms. The molecule has 0 spiro atoms. The predicted molar refractivity (Wildman–Crippen MR) is 89.4 cm³/mol. The molecule has 3 nitrogen and oxygen atoms in total. The standard InChI is InChI=1S/C19H30O3/c1-3-5-6-7-13-20-17-11-9-16(10-12-17)19-15-21-18(8-4-2)14-22-19/h9-12,18-19H,3-8,13-15H2,1-2H3/t18-,19-/m1/s1. The summed E-state index contributed by atoms with van der Waals surface area (Å²) in [6, 6.07) is 8.26. The fourth-order valence-electron chi connectivity index (χ4n) is 2.72. The number of hydrogen-bond donors (Lipinski definition) is 0. The van der Waals surface area contributed by atoms with Crippen molar-refractivity contribution in [2.24, 2.45) is 0 Å². The van der Waals surface area contributed by atoms with Crippen LogP contribution in [-0.4, -0.2) is 25.9 Å². The molecule has 1 aromatic carbocycles. The Hall–Kier alpha value is -1.06. The molecule has 0 aromatic heterocycles. The van der Waals surface area contributed by atoms with Crippen LogP contribution < -0.4 is 4.74 Å². The molecule has 0 aliphatic carbocycles. The van der Waals surface area contributed by atoms with Crippen molar-refractivity contribution in [1.29, 1.82) is 0 Å². The van der Waals surface area contributed by atoms with Gasteiger partial charge < -0.3 is 14.2 Å². The van der Waals surface area contributed by atoms with Gasteiger partial charge in [0.2, 0.25) is 0 Å². The van der Waals surface area contributed by atoms with E-state index < -0.39 is 0 Å². The number of rotatable bonds is 9. The summed E-state index contributed by atoms with van der Waals surface area (Å²) in [5.41, 5.74) is 1.17. The van der Waals surface area contributed by atoms with Gasteiger partial charge in [-0.25, -0.2) is 0 Å². The molecule has 1 aliphatic rings. The van der Waals surface area contributed by atoms with Crippen LogP contribution in [0.5, 0.6) is 5.75 Å². The molecule has 2 rings (SSSR count). The lowest BCUT2D eigenvalue weighted by atomic mass is 10.1. The van der Waals surface area contributed by atoms with Crippen LogP contribution in [0, 0.1) is 0 Å². The summed E-state index contributed by atoms with van der Waals surface area (Å²) in [4.78, 5) is 0. The van der Waals surface area contributed by atoms with Crippen molar-refractivity contribution in [3.05, 3.63) is 29.8 Å². The Morgan fingerprint density at radius 2 is 1.77 bits per heavy atom. The number of unbranched alkanes of at least 4 members (excludes halogenated alkanes) is 3. The molecule has 124 valence electrons. The molecule has 0 bridgehead atoms. The van der Waals surface area contributed by atoms with Crippen LogP contribution in [0.25, 0.3) is 0 Å². The average Bonchev–Trinajstić information content (AvgIpc) is 2.56. The highest BCUT2D eigenvalue weighted by atomic mass is 16.6. The summed E-state index contributed by atoms with van der Waals surface area (Å²) in [5.74, 6) is 0.945. The van der Waals surface area contributed by atoms with E-state index in [1.54, 1.807) is 0 Å². The van der Waals surface area contributed by atoms with E-state index >= 15 is 0 Å². The van der Waals surface area contributed by atoms with Crippen LogP contribution in [-0.2, 0) is 9.47 Å². The maximum atomic E-state index is 5.93. The molecule has 2 atom stereocenters. The van der Waals surface area contributed by atoms with Crippen molar-refractivity contribution >= 4 is 0 Å². The van der Waals surface area contributed by atoms with Gasteiger partial charge in [0.05, 0.1) is 25.9 Å². The van der Waals surface area contributed by atoms with Crippen LogP contribution in [0.2, 0.25) is 0 Å².